The van der Waals surface area contributed by atoms with Crippen molar-refractivity contribution in [3.05, 3.63) is 12.2 Å². The quantitative estimate of drug-likeness (QED) is 0.421. The molecular formula is C28H44O3. The predicted molar refractivity (Wildman–Crippen MR) is 122 cm³/mol. The first kappa shape index (κ1) is 21.2. The Morgan fingerprint density at radius 1 is 0.968 bits per heavy atom. The molecule has 11 atom stereocenters. The number of aliphatic hydroxyl groups excluding tert-OH is 1. The molecule has 174 valence electrons. The zero-order valence-electron chi connectivity index (χ0n) is 20.4. The Kier molecular flexibility index (Phi) is 4.51. The number of fused-ring (bicyclic) bond motifs is 2. The van der Waals surface area contributed by atoms with E-state index in [2.05, 4.69) is 46.8 Å². The van der Waals surface area contributed by atoms with Gasteiger partial charge in [-0.25, -0.2) is 9.78 Å². The second-order valence-corrected chi connectivity index (χ2v) is 13.5. The average Bonchev–Trinajstić information content (AvgIpc) is 3.37. The van der Waals surface area contributed by atoms with Gasteiger partial charge in [0.1, 0.15) is 11.2 Å². The van der Waals surface area contributed by atoms with E-state index in [9.17, 15) is 5.11 Å². The smallest absolute Gasteiger partial charge is 0.130 e. The van der Waals surface area contributed by atoms with E-state index in [1.165, 1.54) is 38.5 Å². The van der Waals surface area contributed by atoms with Gasteiger partial charge >= 0.3 is 0 Å². The van der Waals surface area contributed by atoms with Gasteiger partial charge in [0, 0.05) is 23.7 Å². The summed E-state index contributed by atoms with van der Waals surface area (Å²) in [7, 11) is 0. The molecule has 1 saturated heterocycles. The second kappa shape index (κ2) is 6.60. The van der Waals surface area contributed by atoms with Crippen LogP contribution in [-0.2, 0) is 9.78 Å². The lowest BCUT2D eigenvalue weighted by atomic mass is 9.42. The molecule has 0 radical (unpaired) electrons. The van der Waals surface area contributed by atoms with Crippen molar-refractivity contribution in [3.63, 3.8) is 0 Å². The number of hydrogen-bond donors (Lipinski definition) is 1. The zero-order valence-corrected chi connectivity index (χ0v) is 20.4. The van der Waals surface area contributed by atoms with Gasteiger partial charge in [0.2, 0.25) is 0 Å². The lowest BCUT2D eigenvalue weighted by Gasteiger charge is -2.69. The molecule has 1 N–H and O–H groups in total. The van der Waals surface area contributed by atoms with Crippen molar-refractivity contribution in [2.75, 3.05) is 0 Å². The first-order valence-corrected chi connectivity index (χ1v) is 13.4. The van der Waals surface area contributed by atoms with Gasteiger partial charge in [0.15, 0.2) is 0 Å². The molecule has 2 aliphatic heterocycles. The molecule has 0 aromatic rings. The molecule has 0 aromatic heterocycles. The summed E-state index contributed by atoms with van der Waals surface area (Å²) in [5, 5.41) is 10.4. The maximum Gasteiger partial charge on any atom is 0.130 e. The minimum atomic E-state index is -0.422. The average molecular weight is 429 g/mol. The van der Waals surface area contributed by atoms with Gasteiger partial charge in [-0.2, -0.15) is 0 Å². The van der Waals surface area contributed by atoms with E-state index in [0.29, 0.717) is 23.7 Å². The van der Waals surface area contributed by atoms with E-state index in [-0.39, 0.29) is 17.1 Å². The molecule has 2 heterocycles. The monoisotopic (exact) mass is 428 g/mol. The van der Waals surface area contributed by atoms with Crippen molar-refractivity contribution in [1.82, 2.24) is 0 Å². The van der Waals surface area contributed by atoms with Gasteiger partial charge in [0.05, 0.1) is 6.10 Å². The summed E-state index contributed by atoms with van der Waals surface area (Å²) in [5.41, 5.74) is -0.227. The van der Waals surface area contributed by atoms with Crippen LogP contribution in [0.4, 0.5) is 0 Å². The molecule has 3 nitrogen and oxygen atoms in total. The van der Waals surface area contributed by atoms with Crippen molar-refractivity contribution < 1.29 is 14.9 Å². The molecule has 2 unspecified atom stereocenters. The number of rotatable bonds is 4. The van der Waals surface area contributed by atoms with Crippen LogP contribution >= 0.6 is 0 Å². The molecule has 4 saturated carbocycles. The fourth-order valence-corrected chi connectivity index (χ4v) is 10.1. The van der Waals surface area contributed by atoms with E-state index in [0.717, 1.165) is 42.4 Å². The van der Waals surface area contributed by atoms with Gasteiger partial charge in [0.25, 0.3) is 0 Å². The minimum Gasteiger partial charge on any atom is -0.393 e. The molecule has 2 spiro atoms. The topological polar surface area (TPSA) is 38.7 Å². The van der Waals surface area contributed by atoms with Crippen LogP contribution < -0.4 is 0 Å². The largest absolute Gasteiger partial charge is 0.393 e. The first-order chi connectivity index (χ1) is 14.7. The van der Waals surface area contributed by atoms with E-state index < -0.39 is 5.60 Å². The van der Waals surface area contributed by atoms with Crippen molar-refractivity contribution in [3.8, 4) is 0 Å². The molecule has 7 aliphatic rings. The Hall–Kier alpha value is -0.380. The predicted octanol–water partition coefficient (Wildman–Crippen LogP) is 6.31. The Morgan fingerprint density at radius 3 is 2.48 bits per heavy atom. The normalized spacial score (nSPS) is 58.0. The highest BCUT2D eigenvalue weighted by atomic mass is 17.2. The third-order valence-corrected chi connectivity index (χ3v) is 11.8. The molecule has 5 fully saturated rings. The van der Waals surface area contributed by atoms with Crippen LogP contribution in [-0.4, -0.2) is 22.4 Å². The minimum absolute atomic E-state index is 0.0864. The zero-order chi connectivity index (χ0) is 21.8. The van der Waals surface area contributed by atoms with E-state index in [1.54, 1.807) is 0 Å². The van der Waals surface area contributed by atoms with Crippen LogP contribution in [0.5, 0.6) is 0 Å². The van der Waals surface area contributed by atoms with Crippen LogP contribution in [0.25, 0.3) is 0 Å². The molecule has 0 amide bonds. The Balaban J connectivity index is 1.30. The standard InChI is InChI=1S/C28H44O3/c1-17(2)14-19-15-21(19)18(3)22-6-7-23-25(22,4)10-9-24-26(5)11-8-20(29)16-27(26)12-13-28(23,24)31-30-27/h12-13,17-24,29H,6-11,14-16H2,1-5H3/t18-,19+,20+,21-,22-,23?,24?,25-,26-,27-,28+/m1/s1. The van der Waals surface area contributed by atoms with Gasteiger partial charge < -0.3 is 5.11 Å². The molecule has 5 aliphatic carbocycles. The lowest BCUT2D eigenvalue weighted by Crippen LogP contribution is -2.73. The summed E-state index contributed by atoms with van der Waals surface area (Å²) in [6, 6.07) is 0. The van der Waals surface area contributed by atoms with Gasteiger partial charge in [-0.15, -0.1) is 0 Å². The molecule has 2 bridgehead atoms. The maximum atomic E-state index is 10.4. The first-order valence-electron chi connectivity index (χ1n) is 13.4. The van der Waals surface area contributed by atoms with Crippen LogP contribution in [0, 0.1) is 52.3 Å². The fourth-order valence-electron chi connectivity index (χ4n) is 10.1. The molecule has 3 heteroatoms. The van der Waals surface area contributed by atoms with Crippen LogP contribution in [0.15, 0.2) is 12.2 Å². The van der Waals surface area contributed by atoms with Crippen molar-refractivity contribution in [1.29, 1.82) is 0 Å². The fraction of sp³-hybridized carbons (Fsp3) is 0.929. The van der Waals surface area contributed by atoms with E-state index >= 15 is 0 Å². The molecule has 31 heavy (non-hydrogen) atoms. The van der Waals surface area contributed by atoms with Crippen LogP contribution in [0.3, 0.4) is 0 Å². The third kappa shape index (κ3) is 2.63. The number of hydrogen-bond acceptors (Lipinski definition) is 3. The SMILES string of the molecule is CC(C)C[C@H]1C[C@@H]1[C@@H](C)[C@H]1CCC2[C@@]34C=C[C@]5(C[C@@H](O)CC[C@]5(C)C3CC[C@@]21C)OO4. The van der Waals surface area contributed by atoms with Gasteiger partial charge in [-0.1, -0.05) is 40.7 Å². The summed E-state index contributed by atoms with van der Waals surface area (Å²) >= 11 is 0. The Bertz CT molecular complexity index is 776. The number of aliphatic hydroxyl groups is 1. The highest BCUT2D eigenvalue weighted by Gasteiger charge is 2.74. The van der Waals surface area contributed by atoms with Gasteiger partial charge in [-0.3, -0.25) is 0 Å². The van der Waals surface area contributed by atoms with E-state index in [1.807, 2.05) is 0 Å². The van der Waals surface area contributed by atoms with E-state index in [4.69, 9.17) is 9.78 Å². The molecule has 0 aromatic carbocycles. The Labute approximate surface area is 189 Å². The summed E-state index contributed by atoms with van der Waals surface area (Å²) in [6.07, 6.45) is 15.2. The highest BCUT2D eigenvalue weighted by Crippen LogP contribution is 2.73. The van der Waals surface area contributed by atoms with Crippen molar-refractivity contribution >= 4 is 0 Å². The second-order valence-electron chi connectivity index (χ2n) is 13.5. The van der Waals surface area contributed by atoms with Crippen LogP contribution in [0.2, 0.25) is 0 Å². The van der Waals surface area contributed by atoms with Gasteiger partial charge in [-0.05, 0) is 92.4 Å². The van der Waals surface area contributed by atoms with Crippen LogP contribution in [0.1, 0.15) is 92.4 Å². The Morgan fingerprint density at radius 2 is 1.77 bits per heavy atom. The van der Waals surface area contributed by atoms with Crippen molar-refractivity contribution in [2.24, 2.45) is 52.3 Å². The summed E-state index contributed by atoms with van der Waals surface area (Å²) in [4.78, 5) is 12.8. The third-order valence-electron chi connectivity index (χ3n) is 11.8. The maximum absolute atomic E-state index is 10.4. The lowest BCUT2D eigenvalue weighted by molar-refractivity contribution is -0.497. The highest BCUT2D eigenvalue weighted by molar-refractivity contribution is 5.33. The molecule has 7 rings (SSSR count). The van der Waals surface area contributed by atoms with Crippen molar-refractivity contribution in [2.45, 2.75) is 110 Å². The summed E-state index contributed by atoms with van der Waals surface area (Å²) in [6.45, 7) is 12.4. The summed E-state index contributed by atoms with van der Waals surface area (Å²) < 4.78 is 0. The molecular weight excluding hydrogens is 384 g/mol. The summed E-state index contributed by atoms with van der Waals surface area (Å²) in [5.74, 6) is 5.50.